The van der Waals surface area contributed by atoms with Crippen LogP contribution in [0.3, 0.4) is 0 Å². The molecule has 4 rings (SSSR count). The summed E-state index contributed by atoms with van der Waals surface area (Å²) in [5, 5.41) is 44.0. The van der Waals surface area contributed by atoms with Gasteiger partial charge in [0.25, 0.3) is 0 Å². The summed E-state index contributed by atoms with van der Waals surface area (Å²) in [6.45, 7) is 1.24. The van der Waals surface area contributed by atoms with Gasteiger partial charge in [0.1, 0.15) is 6.10 Å². The van der Waals surface area contributed by atoms with E-state index in [1.165, 1.54) is 25.1 Å². The molecule has 0 saturated carbocycles. The maximum atomic E-state index is 12.9. The van der Waals surface area contributed by atoms with Gasteiger partial charge in [0.05, 0.1) is 0 Å². The molecule has 13 nitrogen and oxygen atoms in total. The molecule has 0 spiro atoms. The van der Waals surface area contributed by atoms with Crippen LogP contribution in [0.1, 0.15) is 29.2 Å². The van der Waals surface area contributed by atoms with Crippen LogP contribution in [-0.2, 0) is 54.4 Å². The van der Waals surface area contributed by atoms with Crippen LogP contribution < -0.4 is 5.32 Å². The second kappa shape index (κ2) is 26.8. The number of nitrogens with zero attached hydrogens (tertiary/aromatic N) is 1. The van der Waals surface area contributed by atoms with Gasteiger partial charge in [0, 0.05) is 19.3 Å². The number of quaternary nitrogens is 1. The number of ketones is 1. The Balaban J connectivity index is 0.000000438. The van der Waals surface area contributed by atoms with E-state index < -0.39 is 113 Å². The van der Waals surface area contributed by atoms with Crippen molar-refractivity contribution in [3.63, 3.8) is 0 Å². The Morgan fingerprint density at radius 2 is 0.923 bits per heavy atom. The van der Waals surface area contributed by atoms with Crippen LogP contribution in [0.4, 0.5) is 48.3 Å². The number of primary amides is 1. The Hall–Kier alpha value is -6.73. The maximum absolute atomic E-state index is 12.9. The Labute approximate surface area is 360 Å². The van der Waals surface area contributed by atoms with Gasteiger partial charge in [-0.2, -0.15) is 13.2 Å². The Kier molecular flexibility index (Phi) is 23.2. The molecule has 1 amide bonds. The Morgan fingerprint density at radius 3 is 1.22 bits per heavy atom. The number of hydrogen-bond donors (Lipinski definition) is 6. The molecule has 4 atom stereocenters. The van der Waals surface area contributed by atoms with Gasteiger partial charge in [0.2, 0.25) is 0 Å². The molecule has 0 saturated heterocycles. The van der Waals surface area contributed by atoms with E-state index in [0.29, 0.717) is 24.3 Å². The third kappa shape index (κ3) is 21.0. The van der Waals surface area contributed by atoms with Crippen molar-refractivity contribution in [2.75, 3.05) is 0 Å². The van der Waals surface area contributed by atoms with Crippen LogP contribution in [0, 0.1) is 46.5 Å². The average molecular weight is 940 g/mol. The van der Waals surface area contributed by atoms with E-state index in [1.807, 2.05) is 0 Å². The normalized spacial score (nSPS) is 12.6. The zero-order chi connectivity index (χ0) is 49.8. The first-order chi connectivity index (χ1) is 30.2. The number of nitrogens with two attached hydrogens (primary N) is 1. The van der Waals surface area contributed by atoms with Gasteiger partial charge >= 0.3 is 119 Å². The largest absolute Gasteiger partial charge is 0.509 e. The van der Waals surface area contributed by atoms with E-state index >= 15 is 0 Å². The molecule has 25 heteroatoms. The second-order valence-electron chi connectivity index (χ2n) is 13.1. The summed E-state index contributed by atoms with van der Waals surface area (Å²) in [5.74, 6) is -15.5. The smallest absolute Gasteiger partial charge is 0.479 e. The summed E-state index contributed by atoms with van der Waals surface area (Å²) in [7, 11) is 0.348. The molecule has 0 aromatic heterocycles. The molecule has 0 radical (unpaired) electrons. The number of aliphatic hydroxyl groups is 2. The first kappa shape index (κ1) is 56.3. The molecule has 65 heavy (non-hydrogen) atoms. The summed E-state index contributed by atoms with van der Waals surface area (Å²) in [5.41, 5.74) is 0.882. The molecule has 0 aliphatic carbocycles. The number of carboxylic acids is 3. The molecule has 4 aromatic carbocycles. The molecule has 0 fully saturated rings. The number of carbonyl (C=O) groups is 5. The van der Waals surface area contributed by atoms with Crippen molar-refractivity contribution < 1.29 is 108 Å². The van der Waals surface area contributed by atoms with Gasteiger partial charge in [-0.05, 0) is 60.0 Å². The third-order valence-corrected chi connectivity index (χ3v) is 7.99. The number of halogens is 11. The molecular weight excluding hydrogens is 904 g/mol. The third-order valence-electron chi connectivity index (χ3n) is 7.99. The number of aliphatic hydroxyl groups excluding tert-OH is 2. The first-order valence-corrected chi connectivity index (χ1v) is 17.9. The maximum Gasteiger partial charge on any atom is 0.509 e. The number of alkyl halides is 3. The number of carbonyl (C=O) groups excluding carboxylic acids is 2. The van der Waals surface area contributed by atoms with Crippen molar-refractivity contribution in [3.8, 4) is 0 Å². The van der Waals surface area contributed by atoms with Crippen LogP contribution in [0.15, 0.2) is 77.8 Å². The number of hydrogen-bond acceptors (Lipinski definition) is 9. The van der Waals surface area contributed by atoms with Crippen LogP contribution in [-0.4, -0.2) is 98.9 Å². The van der Waals surface area contributed by atoms with E-state index in [4.69, 9.17) is 20.4 Å². The van der Waals surface area contributed by atoms with Crippen molar-refractivity contribution in [2.45, 2.75) is 63.1 Å². The summed E-state index contributed by atoms with van der Waals surface area (Å²) in [6, 6.07) is 8.78. The second-order valence-corrected chi connectivity index (χ2v) is 13.1. The average Bonchev–Trinajstić information content (AvgIpc) is 3.21. The van der Waals surface area contributed by atoms with Gasteiger partial charge in [-0.3, -0.25) is 10.1 Å². The first-order valence-electron chi connectivity index (χ1n) is 17.9. The number of benzene rings is 4. The van der Waals surface area contributed by atoms with Gasteiger partial charge in [0.15, 0.2) is 52.8 Å². The standard InChI is InChI=1S/C11H8F5NO3.C10H8BF2NO3.C10H10F2O2.C9H8F2O3/c12-6-2-1-5(3-7(6)13)4-8(9(18)19)17-10(20)11(14,15)16;12-7-2-1-6(3-8(7)13)4-9(10(15)16)14-5-11-17;1-6(13)10(14)5-7-2-3-8(11)9(12)4-7;10-6-2-1-5(3-7(6)11)4-8(12)9(13)14/h1-3,8H,4H2,(H,17,20)(H,18,19);1-3,5,9H,4H2,(H,15,16);2-4,10,14H,5H2,1H3;1-3,8,12H,4H2,(H,13,14)/p+1/t8-;9-;10-;8-/m1111/s1. The minimum atomic E-state index is -5.18. The molecule has 0 unspecified atom stereocenters. The van der Waals surface area contributed by atoms with Crippen LogP contribution in [0.2, 0.25) is 0 Å². The predicted molar refractivity (Wildman–Crippen MR) is 201 cm³/mol. The number of carboxylic acid groups (broad SMARTS) is 3. The van der Waals surface area contributed by atoms with Crippen molar-refractivity contribution in [1.82, 2.24) is 0 Å². The zero-order valence-corrected chi connectivity index (χ0v) is 33.1. The van der Waals surface area contributed by atoms with E-state index in [2.05, 4.69) is 4.99 Å². The van der Waals surface area contributed by atoms with Crippen molar-refractivity contribution in [1.29, 1.82) is 0 Å². The van der Waals surface area contributed by atoms with E-state index in [9.17, 15) is 82.1 Å². The van der Waals surface area contributed by atoms with Crippen molar-refractivity contribution in [2.24, 2.45) is 4.99 Å². The predicted octanol–water partition coefficient (Wildman–Crippen LogP) is 4.06. The topological polar surface area (TPSA) is 233 Å². The minimum Gasteiger partial charge on any atom is -0.479 e. The van der Waals surface area contributed by atoms with Crippen LogP contribution in [0.25, 0.3) is 0 Å². The molecule has 4 aromatic rings. The van der Waals surface area contributed by atoms with Gasteiger partial charge in [-0.25, -0.2) is 40.7 Å². The molecule has 0 bridgehead atoms. The van der Waals surface area contributed by atoms with E-state index in [1.54, 1.807) is 0 Å². The summed E-state index contributed by atoms with van der Waals surface area (Å²) in [6.07, 6.45) is -8.02. The van der Waals surface area contributed by atoms with Crippen molar-refractivity contribution in [3.05, 3.63) is 142 Å². The number of amides is 1. The van der Waals surface area contributed by atoms with E-state index in [-0.39, 0.29) is 35.7 Å². The quantitative estimate of drug-likeness (QED) is 0.0566. The molecule has 350 valence electrons. The molecule has 0 aliphatic rings. The zero-order valence-electron chi connectivity index (χ0n) is 33.1. The van der Waals surface area contributed by atoms with Gasteiger partial charge < -0.3 is 20.4 Å². The summed E-state index contributed by atoms with van der Waals surface area (Å²) in [4.78, 5) is 56.7. The van der Waals surface area contributed by atoms with Crippen LogP contribution >= 0.6 is 0 Å². The Bertz CT molecular complexity index is 2270. The Morgan fingerprint density at radius 1 is 0.569 bits per heavy atom. The fourth-order valence-electron chi connectivity index (χ4n) is 4.66. The molecule has 0 heterocycles. The summed E-state index contributed by atoms with van der Waals surface area (Å²) < 4.78 is 147. The molecular formula is C40H35BF11N2O11+. The minimum absolute atomic E-state index is 0.00357. The van der Waals surface area contributed by atoms with Crippen LogP contribution in [0.5, 0.6) is 0 Å². The fraction of sp³-hybridized carbons (Fsp3) is 0.250. The number of rotatable bonds is 15. The SMILES string of the molecule is CC(=O)[C@H](O)Cc1ccc(F)c(F)c1.O=BC=N[C@H](Cc1ccc(F)c(F)c1)C(=O)O.O=C(O)[C@@H](Cc1ccc(F)c(F)c1)[NH2+]C(=O)C(F)(F)F.O=C(O)[C@H](O)Cc1ccc(F)c(F)c1. The van der Waals surface area contributed by atoms with E-state index in [0.717, 1.165) is 54.6 Å². The van der Waals surface area contributed by atoms with Crippen molar-refractivity contribution >= 4 is 42.9 Å². The number of aliphatic carboxylic acids is 3. The summed E-state index contributed by atoms with van der Waals surface area (Å²) >= 11 is 0. The number of aliphatic imine (C=N–C) groups is 1. The molecule has 0 aliphatic heterocycles. The monoisotopic (exact) mass is 939 g/mol. The fourth-order valence-corrected chi connectivity index (χ4v) is 4.66. The van der Waals surface area contributed by atoms with Gasteiger partial charge in [-0.1, -0.05) is 18.2 Å². The number of Topliss-reactive ketones (excluding diaryl/α,β-unsaturated/α-hetero) is 1. The molecule has 7 N–H and O–H groups in total. The van der Waals surface area contributed by atoms with Gasteiger partial charge in [-0.15, -0.1) is 0 Å².